The summed E-state index contributed by atoms with van der Waals surface area (Å²) in [6.07, 6.45) is 7.00. The van der Waals surface area contributed by atoms with Gasteiger partial charge in [0.05, 0.1) is 0 Å². The molecule has 4 N–H and O–H groups in total. The van der Waals surface area contributed by atoms with Gasteiger partial charge >= 0.3 is 0 Å². The Balaban J connectivity index is 2.85. The smallest absolute Gasteiger partial charge is 0.217 e. The fraction of sp³-hybridized carbons (Fsp3) is 0.818. The number of amides is 1. The summed E-state index contributed by atoms with van der Waals surface area (Å²) in [6.45, 7) is 1.46. The number of hydrogen-bond acceptors (Lipinski definition) is 3. The Kier molecular flexibility index (Phi) is 4.58. The highest BCUT2D eigenvalue weighted by atomic mass is 16.4. The quantitative estimate of drug-likeness (QED) is 0.288. The van der Waals surface area contributed by atoms with Gasteiger partial charge in [0.15, 0.2) is 5.84 Å². The standard InChI is InChI=1S/C11H21N3O2/c1-9(15)13-11(10(12)14-16)7-5-3-2-4-6-8-11/h16H,2-8H2,1H3,(H2,12,14)(H,13,15). The summed E-state index contributed by atoms with van der Waals surface area (Å²) in [4.78, 5) is 11.2. The molecule has 0 heterocycles. The first-order valence-electron chi connectivity index (χ1n) is 5.87. The van der Waals surface area contributed by atoms with E-state index in [1.807, 2.05) is 0 Å². The number of rotatable bonds is 2. The summed E-state index contributed by atoms with van der Waals surface area (Å²) >= 11 is 0. The predicted octanol–water partition coefficient (Wildman–Crippen LogP) is 1.35. The van der Waals surface area contributed by atoms with Gasteiger partial charge in [-0.25, -0.2) is 0 Å². The second-order valence-electron chi connectivity index (χ2n) is 4.52. The highest BCUT2D eigenvalue weighted by Gasteiger charge is 2.35. The van der Waals surface area contributed by atoms with Crippen molar-refractivity contribution >= 4 is 11.7 Å². The van der Waals surface area contributed by atoms with E-state index in [2.05, 4.69) is 10.5 Å². The Labute approximate surface area is 96.1 Å². The minimum atomic E-state index is -0.638. The molecule has 1 saturated carbocycles. The van der Waals surface area contributed by atoms with Crippen molar-refractivity contribution < 1.29 is 10.0 Å². The lowest BCUT2D eigenvalue weighted by Crippen LogP contribution is -2.57. The molecule has 0 aromatic heterocycles. The number of hydrogen-bond donors (Lipinski definition) is 3. The molecule has 5 nitrogen and oxygen atoms in total. The Morgan fingerprint density at radius 2 is 1.75 bits per heavy atom. The first-order chi connectivity index (χ1) is 7.60. The predicted molar refractivity (Wildman–Crippen MR) is 62.3 cm³/mol. The molecular weight excluding hydrogens is 206 g/mol. The van der Waals surface area contributed by atoms with E-state index in [0.29, 0.717) is 0 Å². The number of carbonyl (C=O) groups is 1. The summed E-state index contributed by atoms with van der Waals surface area (Å²) in [7, 11) is 0. The molecule has 0 bridgehead atoms. The summed E-state index contributed by atoms with van der Waals surface area (Å²) in [5, 5.41) is 14.8. The SMILES string of the molecule is CC(=O)NC1(/C(N)=N/O)CCCCCCC1. The first kappa shape index (κ1) is 12.8. The molecule has 1 fully saturated rings. The maximum atomic E-state index is 11.2. The summed E-state index contributed by atoms with van der Waals surface area (Å²) in [5.74, 6) is -0.00299. The van der Waals surface area contributed by atoms with Gasteiger partial charge in [-0.2, -0.15) is 0 Å². The Morgan fingerprint density at radius 3 is 2.19 bits per heavy atom. The van der Waals surface area contributed by atoms with E-state index in [1.165, 1.54) is 13.3 Å². The number of amidine groups is 1. The van der Waals surface area contributed by atoms with Crippen LogP contribution >= 0.6 is 0 Å². The average Bonchev–Trinajstić information content (AvgIpc) is 2.20. The number of nitrogens with one attached hydrogen (secondary N) is 1. The van der Waals surface area contributed by atoms with Crippen LogP contribution in [0.1, 0.15) is 51.9 Å². The summed E-state index contributed by atoms with van der Waals surface area (Å²) in [6, 6.07) is 0. The van der Waals surface area contributed by atoms with Gasteiger partial charge < -0.3 is 16.3 Å². The van der Waals surface area contributed by atoms with E-state index in [-0.39, 0.29) is 11.7 Å². The van der Waals surface area contributed by atoms with Crippen molar-refractivity contribution in [3.05, 3.63) is 0 Å². The van der Waals surface area contributed by atoms with Crippen LogP contribution in [0.25, 0.3) is 0 Å². The second-order valence-corrected chi connectivity index (χ2v) is 4.52. The van der Waals surface area contributed by atoms with E-state index in [1.54, 1.807) is 0 Å². The summed E-state index contributed by atoms with van der Waals surface area (Å²) < 4.78 is 0. The second kappa shape index (κ2) is 5.72. The van der Waals surface area contributed by atoms with Crippen LogP contribution in [0.2, 0.25) is 0 Å². The lowest BCUT2D eigenvalue weighted by molar-refractivity contribution is -0.120. The largest absolute Gasteiger partial charge is 0.409 e. The Morgan fingerprint density at radius 1 is 1.25 bits per heavy atom. The molecular formula is C11H21N3O2. The molecule has 1 aliphatic rings. The number of nitrogens with two attached hydrogens (primary N) is 1. The molecule has 16 heavy (non-hydrogen) atoms. The zero-order valence-electron chi connectivity index (χ0n) is 9.83. The van der Waals surface area contributed by atoms with Gasteiger partial charge in [-0.3, -0.25) is 4.79 Å². The van der Waals surface area contributed by atoms with Crippen molar-refractivity contribution in [2.24, 2.45) is 10.9 Å². The zero-order chi connectivity index (χ0) is 12.0. The van der Waals surface area contributed by atoms with Crippen LogP contribution in [-0.4, -0.2) is 22.5 Å². The molecule has 0 spiro atoms. The third-order valence-corrected chi connectivity index (χ3v) is 3.22. The molecule has 1 amide bonds. The first-order valence-corrected chi connectivity index (χ1v) is 5.87. The fourth-order valence-corrected chi connectivity index (χ4v) is 2.39. The molecule has 0 aromatic rings. The van der Waals surface area contributed by atoms with Gasteiger partial charge in [0.25, 0.3) is 0 Å². The van der Waals surface area contributed by atoms with Gasteiger partial charge in [-0.05, 0) is 12.8 Å². The average molecular weight is 227 g/mol. The van der Waals surface area contributed by atoms with Crippen LogP contribution in [-0.2, 0) is 4.79 Å². The molecule has 0 atom stereocenters. The molecule has 1 rings (SSSR count). The van der Waals surface area contributed by atoms with Gasteiger partial charge in [0, 0.05) is 6.92 Å². The van der Waals surface area contributed by atoms with Crippen molar-refractivity contribution in [2.45, 2.75) is 57.4 Å². The third kappa shape index (κ3) is 3.12. The van der Waals surface area contributed by atoms with E-state index >= 15 is 0 Å². The number of oxime groups is 1. The molecule has 0 radical (unpaired) electrons. The lowest BCUT2D eigenvalue weighted by atomic mass is 9.83. The van der Waals surface area contributed by atoms with Gasteiger partial charge in [0.2, 0.25) is 5.91 Å². The van der Waals surface area contributed by atoms with Crippen molar-refractivity contribution in [3.8, 4) is 0 Å². The van der Waals surface area contributed by atoms with Gasteiger partial charge in [-0.15, -0.1) is 0 Å². The fourth-order valence-electron chi connectivity index (χ4n) is 2.39. The molecule has 5 heteroatoms. The van der Waals surface area contributed by atoms with Gasteiger partial charge in [-0.1, -0.05) is 37.3 Å². The van der Waals surface area contributed by atoms with Crippen LogP contribution < -0.4 is 11.1 Å². The molecule has 0 aromatic carbocycles. The van der Waals surface area contributed by atoms with Crippen LogP contribution in [0.5, 0.6) is 0 Å². The van der Waals surface area contributed by atoms with E-state index in [4.69, 9.17) is 10.9 Å². The normalized spacial score (nSPS) is 21.9. The molecule has 92 valence electrons. The van der Waals surface area contributed by atoms with Crippen molar-refractivity contribution in [3.63, 3.8) is 0 Å². The van der Waals surface area contributed by atoms with Crippen molar-refractivity contribution in [2.75, 3.05) is 0 Å². The van der Waals surface area contributed by atoms with Gasteiger partial charge in [0.1, 0.15) is 5.54 Å². The highest BCUT2D eigenvalue weighted by molar-refractivity contribution is 5.93. The summed E-state index contributed by atoms with van der Waals surface area (Å²) in [5.41, 5.74) is 5.10. The van der Waals surface area contributed by atoms with Crippen LogP contribution in [0.3, 0.4) is 0 Å². The minimum Gasteiger partial charge on any atom is -0.409 e. The van der Waals surface area contributed by atoms with E-state index < -0.39 is 5.54 Å². The molecule has 0 saturated heterocycles. The Bertz CT molecular complexity index is 268. The maximum absolute atomic E-state index is 11.2. The van der Waals surface area contributed by atoms with E-state index in [0.717, 1.165) is 38.5 Å². The van der Waals surface area contributed by atoms with Crippen molar-refractivity contribution in [1.82, 2.24) is 5.32 Å². The van der Waals surface area contributed by atoms with Crippen molar-refractivity contribution in [1.29, 1.82) is 0 Å². The number of carbonyl (C=O) groups excluding carboxylic acids is 1. The molecule has 0 unspecified atom stereocenters. The highest BCUT2D eigenvalue weighted by Crippen LogP contribution is 2.26. The van der Waals surface area contributed by atoms with E-state index in [9.17, 15) is 4.79 Å². The Hall–Kier alpha value is -1.26. The van der Waals surface area contributed by atoms with Crippen LogP contribution in [0.4, 0.5) is 0 Å². The maximum Gasteiger partial charge on any atom is 0.217 e. The lowest BCUT2D eigenvalue weighted by Gasteiger charge is -2.34. The van der Waals surface area contributed by atoms with Crippen LogP contribution in [0, 0.1) is 0 Å². The topological polar surface area (TPSA) is 87.7 Å². The molecule has 0 aliphatic heterocycles. The third-order valence-electron chi connectivity index (χ3n) is 3.22. The number of nitrogens with zero attached hydrogens (tertiary/aromatic N) is 1. The minimum absolute atomic E-state index is 0.129. The molecule has 1 aliphatic carbocycles. The monoisotopic (exact) mass is 227 g/mol. The van der Waals surface area contributed by atoms with Crippen LogP contribution in [0.15, 0.2) is 5.16 Å². The zero-order valence-corrected chi connectivity index (χ0v) is 9.83.